The standard InChI is InChI=1S/C10H20O2.C9H7N/c1-2-3-4-5-6-7-8-9-10(11)12;1-2-6-9-8(4-1)5-3-7-10-9/h2-9H2,1H3,(H,11,12);1-7H. The molecule has 1 aromatic heterocycles. The van der Waals surface area contributed by atoms with Crippen LogP contribution in [0.3, 0.4) is 0 Å². The summed E-state index contributed by atoms with van der Waals surface area (Å²) in [5.41, 5.74) is 1.06. The molecule has 0 unspecified atom stereocenters. The number of nitrogens with zero attached hydrogens (tertiary/aromatic N) is 1. The van der Waals surface area contributed by atoms with Crippen molar-refractivity contribution in [3.8, 4) is 0 Å². The molecule has 0 aliphatic heterocycles. The van der Waals surface area contributed by atoms with Crippen LogP contribution >= 0.6 is 0 Å². The van der Waals surface area contributed by atoms with Gasteiger partial charge in [0.1, 0.15) is 0 Å². The number of rotatable bonds is 8. The van der Waals surface area contributed by atoms with Gasteiger partial charge in [0, 0.05) is 18.0 Å². The molecule has 2 aromatic rings. The summed E-state index contributed by atoms with van der Waals surface area (Å²) in [5, 5.41) is 9.55. The number of pyridine rings is 1. The van der Waals surface area contributed by atoms with Gasteiger partial charge in [-0.15, -0.1) is 0 Å². The Balaban J connectivity index is 0.000000222. The van der Waals surface area contributed by atoms with Crippen molar-refractivity contribution in [1.82, 2.24) is 4.98 Å². The van der Waals surface area contributed by atoms with Crippen molar-refractivity contribution in [3.63, 3.8) is 0 Å². The van der Waals surface area contributed by atoms with Crippen molar-refractivity contribution < 1.29 is 9.90 Å². The highest BCUT2D eigenvalue weighted by Crippen LogP contribution is 2.08. The lowest BCUT2D eigenvalue weighted by molar-refractivity contribution is -0.137. The van der Waals surface area contributed by atoms with Gasteiger partial charge < -0.3 is 5.11 Å². The van der Waals surface area contributed by atoms with Crippen LogP contribution in [0.5, 0.6) is 0 Å². The molecule has 0 saturated carbocycles. The van der Waals surface area contributed by atoms with Gasteiger partial charge in [0.05, 0.1) is 5.52 Å². The first kappa shape index (κ1) is 18.1. The second-order valence-corrected chi connectivity index (χ2v) is 5.46. The molecule has 1 N–H and O–H groups in total. The van der Waals surface area contributed by atoms with Crippen LogP contribution in [0.1, 0.15) is 58.3 Å². The van der Waals surface area contributed by atoms with Crippen molar-refractivity contribution in [1.29, 1.82) is 0 Å². The summed E-state index contributed by atoms with van der Waals surface area (Å²) in [6.45, 7) is 2.20. The molecule has 1 heterocycles. The van der Waals surface area contributed by atoms with Crippen LogP contribution in [0, 0.1) is 0 Å². The maximum Gasteiger partial charge on any atom is 0.303 e. The van der Waals surface area contributed by atoms with Gasteiger partial charge in [0.15, 0.2) is 0 Å². The fourth-order valence-corrected chi connectivity index (χ4v) is 2.25. The fourth-order valence-electron chi connectivity index (χ4n) is 2.25. The summed E-state index contributed by atoms with van der Waals surface area (Å²) < 4.78 is 0. The molecule has 22 heavy (non-hydrogen) atoms. The average Bonchev–Trinajstić information content (AvgIpc) is 2.54. The highest BCUT2D eigenvalue weighted by molar-refractivity contribution is 5.77. The third-order valence-electron chi connectivity index (χ3n) is 3.51. The number of hydrogen-bond donors (Lipinski definition) is 1. The predicted octanol–water partition coefficient (Wildman–Crippen LogP) is 5.45. The number of hydrogen-bond acceptors (Lipinski definition) is 2. The van der Waals surface area contributed by atoms with E-state index in [0.29, 0.717) is 6.42 Å². The third-order valence-corrected chi connectivity index (χ3v) is 3.51. The van der Waals surface area contributed by atoms with Crippen LogP contribution in [0.2, 0.25) is 0 Å². The van der Waals surface area contributed by atoms with Gasteiger partial charge in [-0.1, -0.05) is 69.7 Å². The minimum absolute atomic E-state index is 0.341. The quantitative estimate of drug-likeness (QED) is 0.660. The number of carbonyl (C=O) groups is 1. The van der Waals surface area contributed by atoms with Crippen molar-refractivity contribution in [2.24, 2.45) is 0 Å². The number of aliphatic carboxylic acids is 1. The summed E-state index contributed by atoms with van der Waals surface area (Å²) >= 11 is 0. The second kappa shape index (κ2) is 11.7. The van der Waals surface area contributed by atoms with Crippen molar-refractivity contribution in [3.05, 3.63) is 42.6 Å². The maximum atomic E-state index is 10.1. The molecule has 0 radical (unpaired) electrons. The molecule has 0 amide bonds. The Kier molecular flexibility index (Phi) is 9.67. The minimum atomic E-state index is -0.663. The van der Waals surface area contributed by atoms with Crippen LogP contribution in [-0.4, -0.2) is 16.1 Å². The van der Waals surface area contributed by atoms with E-state index < -0.39 is 5.97 Å². The molecule has 3 nitrogen and oxygen atoms in total. The van der Waals surface area contributed by atoms with Crippen LogP contribution in [0.4, 0.5) is 0 Å². The number of carboxylic acid groups (broad SMARTS) is 1. The topological polar surface area (TPSA) is 50.2 Å². The predicted molar refractivity (Wildman–Crippen MR) is 92.0 cm³/mol. The Bertz CT molecular complexity index is 474. The zero-order valence-corrected chi connectivity index (χ0v) is 13.5. The molecule has 0 aliphatic carbocycles. The SMILES string of the molecule is CCCCCCCCCC(=O)O.c1ccc2ncccc2c1. The molecule has 120 valence electrons. The van der Waals surface area contributed by atoms with Crippen molar-refractivity contribution in [2.75, 3.05) is 0 Å². The lowest BCUT2D eigenvalue weighted by Gasteiger charge is -1.98. The Morgan fingerprint density at radius 3 is 2.27 bits per heavy atom. The first-order valence-electron chi connectivity index (χ1n) is 8.25. The lowest BCUT2D eigenvalue weighted by Crippen LogP contribution is -1.93. The van der Waals surface area contributed by atoms with E-state index in [1.54, 1.807) is 0 Å². The average molecular weight is 301 g/mol. The molecular formula is C19H27NO2. The van der Waals surface area contributed by atoms with E-state index in [2.05, 4.69) is 24.0 Å². The summed E-state index contributed by atoms with van der Waals surface area (Å²) in [6.07, 6.45) is 10.5. The van der Waals surface area contributed by atoms with E-state index >= 15 is 0 Å². The molecule has 0 bridgehead atoms. The molecule has 0 spiro atoms. The van der Waals surface area contributed by atoms with E-state index in [-0.39, 0.29) is 0 Å². The zero-order valence-electron chi connectivity index (χ0n) is 13.5. The van der Waals surface area contributed by atoms with Crippen molar-refractivity contribution >= 4 is 16.9 Å². The first-order chi connectivity index (χ1) is 10.7. The summed E-state index contributed by atoms with van der Waals surface area (Å²) in [6, 6.07) is 12.1. The van der Waals surface area contributed by atoms with Crippen LogP contribution in [-0.2, 0) is 4.79 Å². The number of carboxylic acids is 1. The highest BCUT2D eigenvalue weighted by Gasteiger charge is 1.95. The minimum Gasteiger partial charge on any atom is -0.481 e. The lowest BCUT2D eigenvalue weighted by atomic mass is 10.1. The van der Waals surface area contributed by atoms with Gasteiger partial charge >= 0.3 is 5.97 Å². The maximum absolute atomic E-state index is 10.1. The van der Waals surface area contributed by atoms with Gasteiger partial charge in [0.2, 0.25) is 0 Å². The van der Waals surface area contributed by atoms with E-state index in [4.69, 9.17) is 5.11 Å². The molecule has 0 fully saturated rings. The molecule has 0 aliphatic rings. The Hall–Kier alpha value is -1.90. The normalized spacial score (nSPS) is 10.0. The van der Waals surface area contributed by atoms with Crippen LogP contribution in [0.25, 0.3) is 10.9 Å². The molecule has 0 saturated heterocycles. The van der Waals surface area contributed by atoms with E-state index in [0.717, 1.165) is 18.4 Å². The largest absolute Gasteiger partial charge is 0.481 e. The number of aromatic nitrogens is 1. The summed E-state index contributed by atoms with van der Waals surface area (Å²) in [4.78, 5) is 14.3. The number of benzene rings is 1. The second-order valence-electron chi connectivity index (χ2n) is 5.46. The Labute approximate surface area is 133 Å². The molecule has 0 atom stereocenters. The number of para-hydroxylation sites is 1. The smallest absolute Gasteiger partial charge is 0.303 e. The van der Waals surface area contributed by atoms with Gasteiger partial charge in [-0.25, -0.2) is 0 Å². The molecule has 2 rings (SSSR count). The van der Waals surface area contributed by atoms with Crippen LogP contribution < -0.4 is 0 Å². The highest BCUT2D eigenvalue weighted by atomic mass is 16.4. The Morgan fingerprint density at radius 2 is 1.59 bits per heavy atom. The first-order valence-corrected chi connectivity index (χ1v) is 8.25. The van der Waals surface area contributed by atoms with Crippen LogP contribution in [0.15, 0.2) is 42.6 Å². The van der Waals surface area contributed by atoms with Gasteiger partial charge in [-0.2, -0.15) is 0 Å². The summed E-state index contributed by atoms with van der Waals surface area (Å²) in [7, 11) is 0. The van der Waals surface area contributed by atoms with Gasteiger partial charge in [-0.3, -0.25) is 9.78 Å². The third kappa shape index (κ3) is 8.40. The summed E-state index contributed by atoms with van der Waals surface area (Å²) in [5.74, 6) is -0.663. The van der Waals surface area contributed by atoms with Gasteiger partial charge in [0.25, 0.3) is 0 Å². The van der Waals surface area contributed by atoms with E-state index in [1.165, 1.54) is 37.5 Å². The molecular weight excluding hydrogens is 274 g/mol. The van der Waals surface area contributed by atoms with E-state index in [9.17, 15) is 4.79 Å². The molecule has 3 heteroatoms. The molecule has 1 aromatic carbocycles. The number of fused-ring (bicyclic) bond motifs is 1. The monoisotopic (exact) mass is 301 g/mol. The fraction of sp³-hybridized carbons (Fsp3) is 0.474. The van der Waals surface area contributed by atoms with Crippen molar-refractivity contribution in [2.45, 2.75) is 58.3 Å². The van der Waals surface area contributed by atoms with E-state index in [1.807, 2.05) is 30.5 Å². The van der Waals surface area contributed by atoms with Gasteiger partial charge in [-0.05, 0) is 18.6 Å². The zero-order chi connectivity index (χ0) is 16.0. The Morgan fingerprint density at radius 1 is 0.955 bits per heavy atom. The number of unbranched alkanes of at least 4 members (excludes halogenated alkanes) is 6.